The van der Waals surface area contributed by atoms with Gasteiger partial charge in [0, 0.05) is 18.8 Å². The number of ether oxygens (including phenoxy) is 1. The Balaban J connectivity index is 2.09. The van der Waals surface area contributed by atoms with E-state index in [1.807, 2.05) is 0 Å². The minimum absolute atomic E-state index is 0.0991. The van der Waals surface area contributed by atoms with Gasteiger partial charge in [0.2, 0.25) is 10.0 Å². The molecule has 0 bridgehead atoms. The predicted octanol–water partition coefficient (Wildman–Crippen LogP) is 2.07. The minimum atomic E-state index is -3.56. The van der Waals surface area contributed by atoms with Gasteiger partial charge in [-0.1, -0.05) is 0 Å². The molecule has 0 unspecified atom stereocenters. The zero-order valence-corrected chi connectivity index (χ0v) is 16.0. The van der Waals surface area contributed by atoms with Gasteiger partial charge in [0.1, 0.15) is 12.4 Å². The van der Waals surface area contributed by atoms with Crippen molar-refractivity contribution in [3.63, 3.8) is 0 Å². The Hall–Kier alpha value is -2.52. The number of Topliss-reactive ketones (excluding diaryl/α,β-unsaturated/α-hetero) is 1. The van der Waals surface area contributed by atoms with Crippen molar-refractivity contribution in [3.05, 3.63) is 41.2 Å². The van der Waals surface area contributed by atoms with Crippen molar-refractivity contribution in [1.82, 2.24) is 4.31 Å². The number of sulfonamides is 1. The van der Waals surface area contributed by atoms with Gasteiger partial charge in [-0.3, -0.25) is 4.79 Å². The maximum Gasteiger partial charge on any atom is 0.338 e. The van der Waals surface area contributed by atoms with E-state index in [0.717, 1.165) is 12.8 Å². The Bertz CT molecular complexity index is 865. The summed E-state index contributed by atoms with van der Waals surface area (Å²) in [4.78, 5) is 23.6. The summed E-state index contributed by atoms with van der Waals surface area (Å²) in [5.41, 5.74) is -0.221. The van der Waals surface area contributed by atoms with Gasteiger partial charge in [0.25, 0.3) is 0 Å². The van der Waals surface area contributed by atoms with Crippen molar-refractivity contribution < 1.29 is 27.9 Å². The average molecular weight is 394 g/mol. The highest BCUT2D eigenvalue weighted by atomic mass is 32.2. The first kappa shape index (κ1) is 20.8. The molecular weight excluding hydrogens is 372 g/mol. The molecule has 0 aromatic heterocycles. The number of hydrogen-bond donors (Lipinski definition) is 2. The van der Waals surface area contributed by atoms with Crippen molar-refractivity contribution >= 4 is 27.5 Å². The second kappa shape index (κ2) is 8.45. The number of carbonyl (C=O) groups excluding carboxylic acids is 2. The molecule has 1 aliphatic rings. The monoisotopic (exact) mass is 394 g/mol. The number of allylic oxidation sites excluding steroid dienone is 1. The van der Waals surface area contributed by atoms with Gasteiger partial charge in [-0.25, -0.2) is 13.2 Å². The highest BCUT2D eigenvalue weighted by molar-refractivity contribution is 7.89. The van der Waals surface area contributed by atoms with Crippen LogP contribution >= 0.6 is 0 Å². The van der Waals surface area contributed by atoms with Crippen molar-refractivity contribution in [2.75, 3.05) is 19.7 Å². The smallest absolute Gasteiger partial charge is 0.338 e. The molecule has 1 heterocycles. The fourth-order valence-electron chi connectivity index (χ4n) is 2.81. The Morgan fingerprint density at radius 1 is 1.15 bits per heavy atom. The number of hydrogen-bond acceptors (Lipinski definition) is 7. The number of esters is 1. The lowest BCUT2D eigenvalue weighted by molar-refractivity contribution is -0.113. The van der Waals surface area contributed by atoms with Crippen LogP contribution in [0.1, 0.15) is 37.0 Å². The van der Waals surface area contributed by atoms with E-state index in [1.54, 1.807) is 0 Å². The molecule has 146 valence electrons. The summed E-state index contributed by atoms with van der Waals surface area (Å²) in [5, 5.41) is 17.3. The van der Waals surface area contributed by atoms with E-state index in [-0.39, 0.29) is 21.7 Å². The van der Waals surface area contributed by atoms with Crippen LogP contribution in [-0.4, -0.2) is 55.0 Å². The van der Waals surface area contributed by atoms with Gasteiger partial charge < -0.3 is 15.3 Å². The van der Waals surface area contributed by atoms with E-state index in [9.17, 15) is 23.1 Å². The van der Waals surface area contributed by atoms with Crippen LogP contribution in [0, 0.1) is 5.41 Å². The highest BCUT2D eigenvalue weighted by Gasteiger charge is 2.27. The first-order chi connectivity index (χ1) is 12.6. The quantitative estimate of drug-likeness (QED) is 0.316. The SMILES string of the molecule is CC(=N)/C(C(C)=O)=C(/O)COC(=O)c1ccc(S(=O)(=O)N2CCCC2)cc1. The Morgan fingerprint density at radius 3 is 2.19 bits per heavy atom. The van der Waals surface area contributed by atoms with Crippen LogP contribution in [-0.2, 0) is 19.6 Å². The molecule has 0 radical (unpaired) electrons. The van der Waals surface area contributed by atoms with Crippen molar-refractivity contribution in [1.29, 1.82) is 5.41 Å². The van der Waals surface area contributed by atoms with Crippen molar-refractivity contribution in [3.8, 4) is 0 Å². The molecule has 1 aromatic rings. The normalized spacial score (nSPS) is 15.9. The summed E-state index contributed by atoms with van der Waals surface area (Å²) in [5.74, 6) is -1.79. The van der Waals surface area contributed by atoms with Crippen LogP contribution in [0.2, 0.25) is 0 Å². The molecule has 1 fully saturated rings. The van der Waals surface area contributed by atoms with Gasteiger partial charge in [-0.15, -0.1) is 0 Å². The van der Waals surface area contributed by atoms with E-state index < -0.39 is 34.1 Å². The lowest BCUT2D eigenvalue weighted by Gasteiger charge is -2.15. The Kier molecular flexibility index (Phi) is 6.50. The molecule has 1 aliphatic heterocycles. The molecule has 9 heteroatoms. The van der Waals surface area contributed by atoms with Crippen LogP contribution in [0.5, 0.6) is 0 Å². The number of benzene rings is 1. The fraction of sp³-hybridized carbons (Fsp3) is 0.389. The maximum absolute atomic E-state index is 12.5. The molecule has 2 rings (SSSR count). The van der Waals surface area contributed by atoms with E-state index in [1.165, 1.54) is 42.4 Å². The van der Waals surface area contributed by atoms with Crippen LogP contribution in [0.4, 0.5) is 0 Å². The first-order valence-electron chi connectivity index (χ1n) is 8.40. The molecule has 0 saturated carbocycles. The number of nitrogens with zero attached hydrogens (tertiary/aromatic N) is 1. The van der Waals surface area contributed by atoms with Crippen molar-refractivity contribution in [2.24, 2.45) is 0 Å². The standard InChI is InChI=1S/C18H22N2O6S/c1-12(19)17(13(2)21)16(22)11-26-18(23)14-5-7-15(8-6-14)27(24,25)20-9-3-4-10-20/h5-8,19,22H,3-4,9-11H2,1-2H3/b17-16-,19-12?. The molecule has 2 N–H and O–H groups in total. The number of rotatable bonds is 7. The third-order valence-corrected chi connectivity index (χ3v) is 6.06. The molecule has 8 nitrogen and oxygen atoms in total. The number of aliphatic hydroxyl groups is 1. The zero-order valence-electron chi connectivity index (χ0n) is 15.2. The average Bonchev–Trinajstić information content (AvgIpc) is 3.14. The van der Waals surface area contributed by atoms with Crippen LogP contribution in [0.3, 0.4) is 0 Å². The zero-order chi connectivity index (χ0) is 20.2. The topological polar surface area (TPSA) is 125 Å². The Labute approximate surface area is 158 Å². The largest absolute Gasteiger partial charge is 0.508 e. The summed E-state index contributed by atoms with van der Waals surface area (Å²) >= 11 is 0. The van der Waals surface area contributed by atoms with Gasteiger partial charge >= 0.3 is 5.97 Å². The summed E-state index contributed by atoms with van der Waals surface area (Å²) in [7, 11) is -3.56. The van der Waals surface area contributed by atoms with Crippen LogP contribution < -0.4 is 0 Å². The number of nitrogens with one attached hydrogen (secondary N) is 1. The third-order valence-electron chi connectivity index (χ3n) is 4.15. The molecular formula is C18H22N2O6S. The molecule has 0 atom stereocenters. The number of ketones is 1. The summed E-state index contributed by atoms with van der Waals surface area (Å²) < 4.78 is 31.3. The van der Waals surface area contributed by atoms with Crippen LogP contribution in [0.15, 0.2) is 40.5 Å². The predicted molar refractivity (Wildman–Crippen MR) is 98.5 cm³/mol. The minimum Gasteiger partial charge on any atom is -0.508 e. The summed E-state index contributed by atoms with van der Waals surface area (Å²) in [6, 6.07) is 5.34. The first-order valence-corrected chi connectivity index (χ1v) is 9.84. The maximum atomic E-state index is 12.5. The van der Waals surface area contributed by atoms with Crippen LogP contribution in [0.25, 0.3) is 0 Å². The molecule has 0 amide bonds. The molecule has 1 aromatic carbocycles. The Morgan fingerprint density at radius 2 is 1.70 bits per heavy atom. The molecule has 1 saturated heterocycles. The van der Waals surface area contributed by atoms with Gasteiger partial charge in [0.05, 0.1) is 16.0 Å². The van der Waals surface area contributed by atoms with Gasteiger partial charge in [-0.05, 0) is 51.0 Å². The fourth-order valence-corrected chi connectivity index (χ4v) is 4.33. The van der Waals surface area contributed by atoms with E-state index in [4.69, 9.17) is 10.1 Å². The molecule has 27 heavy (non-hydrogen) atoms. The summed E-state index contributed by atoms with van der Waals surface area (Å²) in [6.07, 6.45) is 1.66. The number of aliphatic hydroxyl groups excluding tert-OH is 1. The second-order valence-corrected chi connectivity index (χ2v) is 8.15. The molecule has 0 spiro atoms. The van der Waals surface area contributed by atoms with E-state index in [2.05, 4.69) is 0 Å². The second-order valence-electron chi connectivity index (χ2n) is 6.21. The number of carbonyl (C=O) groups is 2. The van der Waals surface area contributed by atoms with E-state index in [0.29, 0.717) is 13.1 Å². The summed E-state index contributed by atoms with van der Waals surface area (Å²) in [6.45, 7) is 2.96. The van der Waals surface area contributed by atoms with E-state index >= 15 is 0 Å². The van der Waals surface area contributed by atoms with Gasteiger partial charge in [0.15, 0.2) is 5.78 Å². The lowest BCUT2D eigenvalue weighted by atomic mass is 10.1. The lowest BCUT2D eigenvalue weighted by Crippen LogP contribution is -2.27. The molecule has 0 aliphatic carbocycles. The third kappa shape index (κ3) is 4.81. The van der Waals surface area contributed by atoms with Gasteiger partial charge in [-0.2, -0.15) is 4.31 Å². The van der Waals surface area contributed by atoms with Crippen molar-refractivity contribution in [2.45, 2.75) is 31.6 Å². The highest BCUT2D eigenvalue weighted by Crippen LogP contribution is 2.21.